The second-order valence-corrected chi connectivity index (χ2v) is 9.33. The number of carbonyl (C=O) groups is 3. The van der Waals surface area contributed by atoms with Crippen molar-refractivity contribution in [2.75, 3.05) is 6.61 Å². The Morgan fingerprint density at radius 3 is 1.58 bits per heavy atom. The van der Waals surface area contributed by atoms with Crippen LogP contribution < -0.4 is 16.8 Å². The Hall–Kier alpha value is -1.63. The van der Waals surface area contributed by atoms with Crippen LogP contribution in [0.2, 0.25) is 0 Å². The van der Waals surface area contributed by atoms with E-state index in [9.17, 15) is 14.4 Å². The molecule has 0 fully saturated rings. The zero-order valence-corrected chi connectivity index (χ0v) is 21.4. The summed E-state index contributed by atoms with van der Waals surface area (Å²) in [6, 6.07) is -1.63. The molecular weight excluding hydrogens is 418 g/mol. The molecule has 0 aliphatic heterocycles. The monoisotopic (exact) mass is 469 g/mol. The Kier molecular flexibility index (Phi) is 21.1. The van der Waals surface area contributed by atoms with Gasteiger partial charge in [0, 0.05) is 6.42 Å². The summed E-state index contributed by atoms with van der Waals surface area (Å²) in [5.74, 6) is -1.52. The van der Waals surface area contributed by atoms with Gasteiger partial charge in [-0.1, -0.05) is 103 Å². The zero-order chi connectivity index (χ0) is 24.7. The number of ether oxygens (including phenoxy) is 1. The Labute approximate surface area is 202 Å². The number of hydrogen-bond acceptors (Lipinski definition) is 5. The first kappa shape index (κ1) is 31.4. The lowest BCUT2D eigenvalue weighted by Crippen LogP contribution is -2.48. The molecule has 0 bridgehead atoms. The largest absolute Gasteiger partial charge is 0.464 e. The predicted molar refractivity (Wildman–Crippen MR) is 135 cm³/mol. The average molecular weight is 470 g/mol. The number of nitrogens with two attached hydrogens (primary N) is 2. The molecule has 0 unspecified atom stereocenters. The van der Waals surface area contributed by atoms with Crippen LogP contribution in [-0.4, -0.2) is 36.5 Å². The molecule has 5 N–H and O–H groups in total. The second-order valence-electron chi connectivity index (χ2n) is 9.33. The summed E-state index contributed by atoms with van der Waals surface area (Å²) in [7, 11) is 0. The van der Waals surface area contributed by atoms with Crippen LogP contribution in [0.1, 0.15) is 129 Å². The number of nitrogens with one attached hydrogen (secondary N) is 1. The van der Waals surface area contributed by atoms with Crippen molar-refractivity contribution in [1.29, 1.82) is 0 Å². The maximum Gasteiger partial charge on any atom is 0.328 e. The van der Waals surface area contributed by atoms with Gasteiger partial charge in [0.15, 0.2) is 0 Å². The molecular formula is C26H51N3O4. The molecule has 33 heavy (non-hydrogen) atoms. The molecule has 2 atom stereocenters. The highest BCUT2D eigenvalue weighted by atomic mass is 16.5. The Bertz CT molecular complexity index is 512. The number of amides is 2. The molecule has 0 heterocycles. The third kappa shape index (κ3) is 20.7. The molecule has 0 rings (SSSR count). The Morgan fingerprint density at radius 1 is 0.758 bits per heavy atom. The summed E-state index contributed by atoms with van der Waals surface area (Å²) >= 11 is 0. The fourth-order valence-corrected chi connectivity index (χ4v) is 3.76. The van der Waals surface area contributed by atoms with Crippen molar-refractivity contribution in [1.82, 2.24) is 5.32 Å². The van der Waals surface area contributed by atoms with Crippen LogP contribution in [0.5, 0.6) is 0 Å². The smallest absolute Gasteiger partial charge is 0.328 e. The fraction of sp³-hybridized carbons (Fsp3) is 0.885. The molecule has 0 saturated carbocycles. The van der Waals surface area contributed by atoms with E-state index in [1.165, 1.54) is 90.4 Å². The van der Waals surface area contributed by atoms with Crippen LogP contribution >= 0.6 is 0 Å². The van der Waals surface area contributed by atoms with Crippen molar-refractivity contribution < 1.29 is 19.1 Å². The lowest BCUT2D eigenvalue weighted by atomic mass is 10.0. The normalized spacial score (nSPS) is 12.8. The minimum absolute atomic E-state index is 0.00194. The van der Waals surface area contributed by atoms with E-state index in [0.717, 1.165) is 19.3 Å². The van der Waals surface area contributed by atoms with Gasteiger partial charge in [-0.25, -0.2) is 4.79 Å². The maximum atomic E-state index is 12.2. The molecule has 0 spiro atoms. The van der Waals surface area contributed by atoms with E-state index in [4.69, 9.17) is 16.2 Å². The summed E-state index contributed by atoms with van der Waals surface area (Å²) < 4.78 is 5.29. The van der Waals surface area contributed by atoms with Crippen molar-refractivity contribution in [3.8, 4) is 0 Å². The maximum absolute atomic E-state index is 12.2. The first-order chi connectivity index (χ1) is 15.9. The summed E-state index contributed by atoms with van der Waals surface area (Å²) in [6.45, 7) is 4.11. The van der Waals surface area contributed by atoms with E-state index in [2.05, 4.69) is 12.2 Å². The van der Waals surface area contributed by atoms with Gasteiger partial charge in [-0.15, -0.1) is 0 Å². The first-order valence-corrected chi connectivity index (χ1v) is 13.4. The molecule has 0 aromatic rings. The minimum Gasteiger partial charge on any atom is -0.464 e. The number of rotatable bonds is 23. The third-order valence-electron chi connectivity index (χ3n) is 5.94. The lowest BCUT2D eigenvalue weighted by molar-refractivity contribution is -0.148. The molecule has 2 amide bonds. The molecule has 194 valence electrons. The van der Waals surface area contributed by atoms with Crippen molar-refractivity contribution in [3.05, 3.63) is 0 Å². The topological polar surface area (TPSA) is 125 Å². The Balaban J connectivity index is 3.64. The number of carbonyl (C=O) groups excluding carboxylic acids is 3. The van der Waals surface area contributed by atoms with E-state index < -0.39 is 29.9 Å². The van der Waals surface area contributed by atoms with E-state index in [0.29, 0.717) is 6.61 Å². The molecule has 7 nitrogen and oxygen atoms in total. The first-order valence-electron chi connectivity index (χ1n) is 13.4. The molecule has 7 heteroatoms. The van der Waals surface area contributed by atoms with E-state index >= 15 is 0 Å². The quantitative estimate of drug-likeness (QED) is 0.145. The molecule has 0 aromatic heterocycles. The van der Waals surface area contributed by atoms with Gasteiger partial charge in [-0.05, 0) is 19.8 Å². The van der Waals surface area contributed by atoms with Crippen molar-refractivity contribution in [2.24, 2.45) is 11.5 Å². The third-order valence-corrected chi connectivity index (χ3v) is 5.94. The SMILES string of the molecule is CCCCCCCCCCCCCCCCCCOC(=O)[C@@H](CCC(N)=O)NC(=O)[C@H](C)N. The van der Waals surface area contributed by atoms with Crippen LogP contribution in [0.3, 0.4) is 0 Å². The van der Waals surface area contributed by atoms with Gasteiger partial charge in [0.05, 0.1) is 12.6 Å². The molecule has 0 radical (unpaired) electrons. The van der Waals surface area contributed by atoms with Gasteiger partial charge in [-0.2, -0.15) is 0 Å². The summed E-state index contributed by atoms with van der Waals surface area (Å²) in [5, 5.41) is 2.53. The van der Waals surface area contributed by atoms with Gasteiger partial charge in [-0.3, -0.25) is 9.59 Å². The van der Waals surface area contributed by atoms with Crippen LogP contribution in [0.25, 0.3) is 0 Å². The predicted octanol–water partition coefficient (Wildman–Crippen LogP) is 4.89. The van der Waals surface area contributed by atoms with Crippen LogP contribution in [0, 0.1) is 0 Å². The van der Waals surface area contributed by atoms with Crippen molar-refractivity contribution in [2.45, 2.75) is 142 Å². The number of esters is 1. The number of unbranched alkanes of at least 4 members (excludes halogenated alkanes) is 15. The van der Waals surface area contributed by atoms with E-state index in [-0.39, 0.29) is 12.8 Å². The molecule has 0 aliphatic rings. The highest BCUT2D eigenvalue weighted by Crippen LogP contribution is 2.13. The Morgan fingerprint density at radius 2 is 1.18 bits per heavy atom. The van der Waals surface area contributed by atoms with Gasteiger partial charge in [0.2, 0.25) is 11.8 Å². The highest BCUT2D eigenvalue weighted by Gasteiger charge is 2.24. The lowest BCUT2D eigenvalue weighted by Gasteiger charge is -2.18. The minimum atomic E-state index is -0.892. The van der Waals surface area contributed by atoms with Crippen LogP contribution in [-0.2, 0) is 19.1 Å². The fourth-order valence-electron chi connectivity index (χ4n) is 3.76. The van der Waals surface area contributed by atoms with Gasteiger partial charge in [0.25, 0.3) is 0 Å². The van der Waals surface area contributed by atoms with Crippen LogP contribution in [0.15, 0.2) is 0 Å². The highest BCUT2D eigenvalue weighted by molar-refractivity contribution is 5.87. The molecule has 0 aliphatic carbocycles. The number of primary amides is 1. The van der Waals surface area contributed by atoms with Gasteiger partial charge < -0.3 is 21.5 Å². The van der Waals surface area contributed by atoms with Crippen LogP contribution in [0.4, 0.5) is 0 Å². The zero-order valence-electron chi connectivity index (χ0n) is 21.4. The van der Waals surface area contributed by atoms with E-state index in [1.807, 2.05) is 0 Å². The van der Waals surface area contributed by atoms with Gasteiger partial charge in [0.1, 0.15) is 6.04 Å². The molecule has 0 aromatic carbocycles. The van der Waals surface area contributed by atoms with Crippen molar-refractivity contribution >= 4 is 17.8 Å². The number of hydrogen-bond donors (Lipinski definition) is 3. The summed E-state index contributed by atoms with van der Waals surface area (Å²) in [6.07, 6.45) is 20.7. The second kappa shape index (κ2) is 22.2. The summed E-state index contributed by atoms with van der Waals surface area (Å²) in [5.41, 5.74) is 10.7. The molecule has 0 saturated heterocycles. The summed E-state index contributed by atoms with van der Waals surface area (Å²) in [4.78, 5) is 35.0. The van der Waals surface area contributed by atoms with E-state index in [1.54, 1.807) is 0 Å². The average Bonchev–Trinajstić information content (AvgIpc) is 2.78. The standard InChI is InChI=1S/C26H51N3O4/c1-3-4-5-6-7-8-9-10-11-12-13-14-15-16-17-18-21-33-26(32)23(19-20-24(28)30)29-25(31)22(2)27/h22-23H,3-21,27H2,1-2H3,(H2,28,30)(H,29,31)/t22-,23+/m0/s1. The van der Waals surface area contributed by atoms with Gasteiger partial charge >= 0.3 is 5.97 Å². The van der Waals surface area contributed by atoms with Crippen molar-refractivity contribution in [3.63, 3.8) is 0 Å².